The molecule has 2 bridgehead atoms. The zero-order chi connectivity index (χ0) is 23.5. The van der Waals surface area contributed by atoms with Crippen molar-refractivity contribution in [2.45, 2.75) is 56.7 Å². The highest BCUT2D eigenvalue weighted by Crippen LogP contribution is 2.37. The molecule has 9 heteroatoms. The molecule has 7 rings (SSSR count). The topological polar surface area (TPSA) is 68.5 Å². The summed E-state index contributed by atoms with van der Waals surface area (Å²) in [6.45, 7) is 7.60. The fraction of sp³-hybridized carbons (Fsp3) is 0.577. The van der Waals surface area contributed by atoms with Crippen molar-refractivity contribution in [2.75, 3.05) is 44.4 Å². The van der Waals surface area contributed by atoms with E-state index < -0.39 is 0 Å². The summed E-state index contributed by atoms with van der Waals surface area (Å²) in [5, 5.41) is 6.59. The van der Waals surface area contributed by atoms with Crippen LogP contribution in [-0.4, -0.2) is 82.3 Å². The van der Waals surface area contributed by atoms with Crippen molar-refractivity contribution in [1.29, 1.82) is 0 Å². The number of likely N-dealkylation sites (tertiary alicyclic amines) is 1. The highest BCUT2D eigenvalue weighted by atomic mass is 35.5. The molecule has 184 valence electrons. The van der Waals surface area contributed by atoms with Crippen LogP contribution in [0.2, 0.25) is 5.02 Å². The number of nitrogens with zero attached hydrogens (tertiary/aromatic N) is 6. The van der Waals surface area contributed by atoms with Gasteiger partial charge in [-0.2, -0.15) is 5.10 Å². The van der Waals surface area contributed by atoms with Crippen molar-refractivity contribution >= 4 is 28.3 Å². The van der Waals surface area contributed by atoms with Crippen LogP contribution in [0.15, 0.2) is 24.4 Å². The zero-order valence-electron chi connectivity index (χ0n) is 20.1. The molecular formula is C26H31ClN6O2. The maximum absolute atomic E-state index is 6.81. The number of hydrogen-bond acceptors (Lipinski definition) is 7. The molecule has 3 unspecified atom stereocenters. The largest absolute Gasteiger partial charge is 0.380 e. The van der Waals surface area contributed by atoms with Gasteiger partial charge in [-0.25, -0.2) is 14.6 Å². The maximum Gasteiger partial charge on any atom is 0.159 e. The molecule has 0 amide bonds. The van der Waals surface area contributed by atoms with Gasteiger partial charge >= 0.3 is 0 Å². The lowest BCUT2D eigenvalue weighted by molar-refractivity contribution is 0.0988. The minimum absolute atomic E-state index is 0.321. The van der Waals surface area contributed by atoms with Gasteiger partial charge in [-0.1, -0.05) is 11.6 Å². The first kappa shape index (κ1) is 22.0. The van der Waals surface area contributed by atoms with Crippen LogP contribution in [0.4, 0.5) is 5.82 Å². The van der Waals surface area contributed by atoms with Gasteiger partial charge in [0.15, 0.2) is 5.82 Å². The Morgan fingerprint density at radius 2 is 1.86 bits per heavy atom. The number of fused-ring (bicyclic) bond motifs is 3. The first-order valence-corrected chi connectivity index (χ1v) is 13.2. The fourth-order valence-corrected chi connectivity index (χ4v) is 6.74. The van der Waals surface area contributed by atoms with E-state index >= 15 is 0 Å². The van der Waals surface area contributed by atoms with Crippen LogP contribution in [0.1, 0.15) is 43.0 Å². The van der Waals surface area contributed by atoms with Crippen LogP contribution in [-0.2, 0) is 9.47 Å². The van der Waals surface area contributed by atoms with E-state index in [1.54, 1.807) is 0 Å². The van der Waals surface area contributed by atoms with Gasteiger partial charge in [0.2, 0.25) is 0 Å². The summed E-state index contributed by atoms with van der Waals surface area (Å²) >= 11 is 6.81. The molecule has 4 aliphatic rings. The van der Waals surface area contributed by atoms with Crippen LogP contribution in [0, 0.1) is 6.92 Å². The van der Waals surface area contributed by atoms with Crippen molar-refractivity contribution in [2.24, 2.45) is 0 Å². The monoisotopic (exact) mass is 494 g/mol. The molecule has 0 saturated carbocycles. The van der Waals surface area contributed by atoms with Crippen molar-refractivity contribution in [1.82, 2.24) is 24.6 Å². The molecule has 2 aromatic heterocycles. The Morgan fingerprint density at radius 1 is 1.00 bits per heavy atom. The molecule has 0 spiro atoms. The van der Waals surface area contributed by atoms with E-state index in [-0.39, 0.29) is 0 Å². The molecule has 0 N–H and O–H groups in total. The number of anilines is 1. The van der Waals surface area contributed by atoms with E-state index in [4.69, 9.17) is 36.1 Å². The quantitative estimate of drug-likeness (QED) is 0.547. The van der Waals surface area contributed by atoms with E-state index in [1.165, 1.54) is 5.56 Å². The van der Waals surface area contributed by atoms with Crippen LogP contribution < -0.4 is 4.90 Å². The van der Waals surface area contributed by atoms with Gasteiger partial charge in [0.1, 0.15) is 11.6 Å². The number of aryl methyl sites for hydroxylation is 1. The molecule has 4 aliphatic heterocycles. The first-order chi connectivity index (χ1) is 17.1. The van der Waals surface area contributed by atoms with Crippen LogP contribution in [0.5, 0.6) is 0 Å². The molecule has 4 fully saturated rings. The smallest absolute Gasteiger partial charge is 0.159 e. The van der Waals surface area contributed by atoms with E-state index in [1.807, 2.05) is 17.8 Å². The van der Waals surface area contributed by atoms with Crippen molar-refractivity contribution < 1.29 is 9.47 Å². The second kappa shape index (κ2) is 8.69. The van der Waals surface area contributed by atoms with Gasteiger partial charge in [-0.05, 0) is 69.3 Å². The average molecular weight is 495 g/mol. The minimum atomic E-state index is 0.321. The highest BCUT2D eigenvalue weighted by molar-refractivity contribution is 6.32. The second-order valence-corrected chi connectivity index (χ2v) is 10.9. The summed E-state index contributed by atoms with van der Waals surface area (Å²) in [4.78, 5) is 14.5. The molecule has 3 atom stereocenters. The van der Waals surface area contributed by atoms with Crippen molar-refractivity contribution in [3.05, 3.63) is 40.8 Å². The lowest BCUT2D eigenvalue weighted by Gasteiger charge is -2.35. The first-order valence-electron chi connectivity index (χ1n) is 12.9. The molecule has 8 nitrogen and oxygen atoms in total. The molecule has 35 heavy (non-hydrogen) atoms. The number of hydrogen-bond donors (Lipinski definition) is 0. The second-order valence-electron chi connectivity index (χ2n) is 10.4. The van der Waals surface area contributed by atoms with Gasteiger partial charge in [0.05, 0.1) is 37.1 Å². The lowest BCUT2D eigenvalue weighted by Crippen LogP contribution is -2.41. The van der Waals surface area contributed by atoms with E-state index in [2.05, 4.69) is 28.0 Å². The molecule has 1 aromatic carbocycles. The number of morpholine rings is 1. The summed E-state index contributed by atoms with van der Waals surface area (Å²) in [5.41, 5.74) is 2.27. The van der Waals surface area contributed by atoms with E-state index in [0.29, 0.717) is 24.1 Å². The average Bonchev–Trinajstić information content (AvgIpc) is 3.68. The Morgan fingerprint density at radius 3 is 2.60 bits per heavy atom. The third-order valence-corrected chi connectivity index (χ3v) is 8.63. The van der Waals surface area contributed by atoms with Gasteiger partial charge in [-0.15, -0.1) is 0 Å². The Bertz CT molecular complexity index is 1250. The molecule has 6 heterocycles. The van der Waals surface area contributed by atoms with Crippen LogP contribution in [0.25, 0.3) is 16.7 Å². The Balaban J connectivity index is 1.19. The summed E-state index contributed by atoms with van der Waals surface area (Å²) < 4.78 is 13.3. The lowest BCUT2D eigenvalue weighted by atomic mass is 9.88. The molecule has 4 saturated heterocycles. The normalized spacial score (nSPS) is 27.5. The zero-order valence-corrected chi connectivity index (χ0v) is 20.8. The van der Waals surface area contributed by atoms with Gasteiger partial charge in [0.25, 0.3) is 0 Å². The fourth-order valence-electron chi connectivity index (χ4n) is 6.42. The van der Waals surface area contributed by atoms with Crippen LogP contribution >= 0.6 is 11.6 Å². The third kappa shape index (κ3) is 3.91. The predicted molar refractivity (Wildman–Crippen MR) is 135 cm³/mol. The Hall–Kier alpha value is -2.26. The number of rotatable bonds is 4. The molecular weight excluding hydrogens is 464 g/mol. The summed E-state index contributed by atoms with van der Waals surface area (Å²) in [5.74, 6) is 2.97. The molecule has 0 aliphatic carbocycles. The number of halogens is 1. The number of aromatic nitrogens is 4. The van der Waals surface area contributed by atoms with Crippen molar-refractivity contribution in [3.8, 4) is 5.82 Å². The Kier molecular flexibility index (Phi) is 5.46. The minimum Gasteiger partial charge on any atom is -0.380 e. The summed E-state index contributed by atoms with van der Waals surface area (Å²) in [6, 6.07) is 7.37. The predicted octanol–water partition coefficient (Wildman–Crippen LogP) is 3.72. The van der Waals surface area contributed by atoms with Gasteiger partial charge < -0.3 is 14.4 Å². The van der Waals surface area contributed by atoms with Crippen LogP contribution in [0.3, 0.4) is 0 Å². The molecule has 0 radical (unpaired) electrons. The third-order valence-electron chi connectivity index (χ3n) is 8.30. The highest BCUT2D eigenvalue weighted by Gasteiger charge is 2.40. The number of piperidine rings is 1. The SMILES string of the molecule is Cc1nc(N2CC3CC2CO3)cc(-n2ncc3cc(Cl)c(C4CCN(C5CCOC5)CC4)cc32)n1. The summed E-state index contributed by atoms with van der Waals surface area (Å²) in [7, 11) is 0. The number of ether oxygens (including phenoxy) is 2. The summed E-state index contributed by atoms with van der Waals surface area (Å²) in [6.07, 6.45) is 6.68. The van der Waals surface area contributed by atoms with E-state index in [0.717, 1.165) is 98.5 Å². The molecule has 3 aromatic rings. The van der Waals surface area contributed by atoms with Gasteiger partial charge in [0, 0.05) is 35.7 Å². The number of benzene rings is 1. The van der Waals surface area contributed by atoms with E-state index in [9.17, 15) is 0 Å². The maximum atomic E-state index is 6.81. The van der Waals surface area contributed by atoms with Crippen molar-refractivity contribution in [3.63, 3.8) is 0 Å². The standard InChI is InChI=1S/C26H31ClN6O2/c1-16-29-25(32-13-21-9-20(32)15-35-21)11-26(30-16)33-24-10-22(23(27)8-18(24)12-28-33)17-2-5-31(6-3-17)19-4-7-34-14-19/h8,10-12,17,19-21H,2-7,9,13-15H2,1H3. The Labute approximate surface area is 210 Å². The van der Waals surface area contributed by atoms with Gasteiger partial charge in [-0.3, -0.25) is 4.90 Å².